The number of amides is 1. The van der Waals surface area contributed by atoms with E-state index in [4.69, 9.17) is 4.42 Å². The molecule has 0 aliphatic carbocycles. The van der Waals surface area contributed by atoms with Crippen molar-refractivity contribution in [2.45, 2.75) is 20.8 Å². The van der Waals surface area contributed by atoms with Gasteiger partial charge in [-0.15, -0.1) is 0 Å². The molecule has 0 saturated carbocycles. The third-order valence-electron chi connectivity index (χ3n) is 4.34. The number of hydrogen-bond donors (Lipinski definition) is 1. The molecule has 6 heteroatoms. The van der Waals surface area contributed by atoms with Gasteiger partial charge in [-0.05, 0) is 56.7 Å². The molecule has 0 unspecified atom stereocenters. The Morgan fingerprint density at radius 3 is 2.73 bits per heavy atom. The molecule has 4 aromatic rings. The molecular weight excluding hydrogens is 328 g/mol. The first-order valence-electron chi connectivity index (χ1n) is 8.30. The molecule has 130 valence electrons. The summed E-state index contributed by atoms with van der Waals surface area (Å²) in [6.45, 7) is 5.86. The van der Waals surface area contributed by atoms with Crippen LogP contribution in [0.4, 0.5) is 5.69 Å². The first-order chi connectivity index (χ1) is 12.5. The van der Waals surface area contributed by atoms with E-state index in [1.54, 1.807) is 12.3 Å². The molecular formula is C20H18N4O2. The molecule has 1 aromatic carbocycles. The number of fused-ring (bicyclic) bond motifs is 1. The van der Waals surface area contributed by atoms with Gasteiger partial charge in [0.1, 0.15) is 11.9 Å². The highest BCUT2D eigenvalue weighted by atomic mass is 16.3. The normalized spacial score (nSPS) is 11.0. The van der Waals surface area contributed by atoms with E-state index in [9.17, 15) is 4.79 Å². The number of oxazole rings is 1. The van der Waals surface area contributed by atoms with Crippen molar-refractivity contribution in [1.82, 2.24) is 14.4 Å². The summed E-state index contributed by atoms with van der Waals surface area (Å²) < 4.78 is 7.23. The molecule has 0 bridgehead atoms. The van der Waals surface area contributed by atoms with Gasteiger partial charge in [0.05, 0.1) is 11.8 Å². The summed E-state index contributed by atoms with van der Waals surface area (Å²) in [6, 6.07) is 9.44. The molecule has 0 spiro atoms. The molecule has 3 heterocycles. The Morgan fingerprint density at radius 1 is 1.15 bits per heavy atom. The number of aryl methyl sites for hydroxylation is 3. The Hall–Kier alpha value is -3.41. The minimum absolute atomic E-state index is 0.183. The van der Waals surface area contributed by atoms with Crippen molar-refractivity contribution in [2.75, 3.05) is 5.32 Å². The third kappa shape index (κ3) is 2.75. The van der Waals surface area contributed by atoms with Crippen LogP contribution in [0.1, 0.15) is 27.3 Å². The predicted molar refractivity (Wildman–Crippen MR) is 99.3 cm³/mol. The molecule has 26 heavy (non-hydrogen) atoms. The highest BCUT2D eigenvalue weighted by molar-refractivity contribution is 6.08. The monoisotopic (exact) mass is 346 g/mol. The van der Waals surface area contributed by atoms with Gasteiger partial charge in [-0.25, -0.2) is 9.97 Å². The van der Waals surface area contributed by atoms with Crippen molar-refractivity contribution in [2.24, 2.45) is 0 Å². The van der Waals surface area contributed by atoms with Gasteiger partial charge in [0.25, 0.3) is 5.91 Å². The van der Waals surface area contributed by atoms with Crippen LogP contribution in [-0.2, 0) is 0 Å². The molecule has 0 atom stereocenters. The van der Waals surface area contributed by atoms with Crippen LogP contribution in [0.3, 0.4) is 0 Å². The standard InChI is InChI=1S/C20H18N4O2/c1-12-10-15(20-21-7-9-26-20)4-5-17(12)23-19(25)16-6-8-24-14(3)11-13(2)22-18(16)24/h4-11H,1-3H3,(H,23,25). The Morgan fingerprint density at radius 2 is 2.00 bits per heavy atom. The lowest BCUT2D eigenvalue weighted by atomic mass is 10.1. The lowest BCUT2D eigenvalue weighted by Crippen LogP contribution is -2.13. The predicted octanol–water partition coefficient (Wildman–Crippen LogP) is 4.17. The van der Waals surface area contributed by atoms with Crippen molar-refractivity contribution in [3.05, 3.63) is 71.5 Å². The Bertz CT molecular complexity index is 1110. The molecule has 0 aliphatic rings. The van der Waals surface area contributed by atoms with Crippen molar-refractivity contribution in [1.29, 1.82) is 0 Å². The van der Waals surface area contributed by atoms with Gasteiger partial charge in [0, 0.05) is 28.8 Å². The van der Waals surface area contributed by atoms with Gasteiger partial charge >= 0.3 is 0 Å². The Labute approximate surface area is 150 Å². The third-order valence-corrected chi connectivity index (χ3v) is 4.34. The average Bonchev–Trinajstić information content (AvgIpc) is 3.26. The maximum absolute atomic E-state index is 12.8. The highest BCUT2D eigenvalue weighted by Crippen LogP contribution is 2.24. The van der Waals surface area contributed by atoms with Gasteiger partial charge in [-0.2, -0.15) is 0 Å². The van der Waals surface area contributed by atoms with Crippen LogP contribution in [0.25, 0.3) is 17.1 Å². The minimum Gasteiger partial charge on any atom is -0.445 e. The fourth-order valence-electron chi connectivity index (χ4n) is 3.06. The topological polar surface area (TPSA) is 72.4 Å². The van der Waals surface area contributed by atoms with Crippen LogP contribution < -0.4 is 5.32 Å². The van der Waals surface area contributed by atoms with Crippen LogP contribution in [0.2, 0.25) is 0 Å². The van der Waals surface area contributed by atoms with Gasteiger partial charge in [0.2, 0.25) is 5.89 Å². The summed E-state index contributed by atoms with van der Waals surface area (Å²) in [7, 11) is 0. The Kier molecular flexibility index (Phi) is 3.80. The van der Waals surface area contributed by atoms with Gasteiger partial charge in [0.15, 0.2) is 0 Å². The summed E-state index contributed by atoms with van der Waals surface area (Å²) in [5.41, 5.74) is 5.67. The largest absolute Gasteiger partial charge is 0.445 e. The van der Waals surface area contributed by atoms with Crippen molar-refractivity contribution >= 4 is 17.2 Å². The zero-order valence-electron chi connectivity index (χ0n) is 14.8. The van der Waals surface area contributed by atoms with Gasteiger partial charge in [-0.3, -0.25) is 4.79 Å². The maximum Gasteiger partial charge on any atom is 0.259 e. The smallest absolute Gasteiger partial charge is 0.259 e. The minimum atomic E-state index is -0.183. The number of carbonyl (C=O) groups excluding carboxylic acids is 1. The van der Waals surface area contributed by atoms with E-state index in [0.29, 0.717) is 17.1 Å². The lowest BCUT2D eigenvalue weighted by molar-refractivity contribution is 0.102. The molecule has 0 radical (unpaired) electrons. The number of hydrogen-bond acceptors (Lipinski definition) is 4. The van der Waals surface area contributed by atoms with E-state index in [-0.39, 0.29) is 5.91 Å². The summed E-state index contributed by atoms with van der Waals surface area (Å²) in [5, 5.41) is 2.97. The van der Waals surface area contributed by atoms with E-state index in [1.165, 1.54) is 6.26 Å². The van der Waals surface area contributed by atoms with Crippen LogP contribution >= 0.6 is 0 Å². The second kappa shape index (κ2) is 6.15. The number of benzene rings is 1. The average molecular weight is 346 g/mol. The van der Waals surface area contributed by atoms with Crippen LogP contribution in [0.15, 0.2) is 53.4 Å². The number of nitrogens with zero attached hydrogens (tertiary/aromatic N) is 3. The number of rotatable bonds is 3. The summed E-state index contributed by atoms with van der Waals surface area (Å²) in [4.78, 5) is 21.4. The first kappa shape index (κ1) is 16.1. The second-order valence-corrected chi connectivity index (χ2v) is 6.28. The Balaban J connectivity index is 1.65. The van der Waals surface area contributed by atoms with Crippen molar-refractivity contribution < 1.29 is 9.21 Å². The van der Waals surface area contributed by atoms with Crippen molar-refractivity contribution in [3.63, 3.8) is 0 Å². The van der Waals surface area contributed by atoms with E-state index in [1.807, 2.05) is 55.6 Å². The second-order valence-electron chi connectivity index (χ2n) is 6.28. The summed E-state index contributed by atoms with van der Waals surface area (Å²) in [6.07, 6.45) is 5.01. The van der Waals surface area contributed by atoms with Crippen LogP contribution in [0.5, 0.6) is 0 Å². The van der Waals surface area contributed by atoms with Crippen LogP contribution in [0, 0.1) is 20.8 Å². The molecule has 0 saturated heterocycles. The molecule has 0 aliphatic heterocycles. The lowest BCUT2D eigenvalue weighted by Gasteiger charge is -2.09. The number of carbonyl (C=O) groups is 1. The van der Waals surface area contributed by atoms with Crippen LogP contribution in [-0.4, -0.2) is 20.3 Å². The highest BCUT2D eigenvalue weighted by Gasteiger charge is 2.15. The molecule has 1 N–H and O–H groups in total. The molecule has 6 nitrogen and oxygen atoms in total. The zero-order chi connectivity index (χ0) is 18.3. The first-order valence-corrected chi connectivity index (χ1v) is 8.30. The summed E-state index contributed by atoms with van der Waals surface area (Å²) >= 11 is 0. The van der Waals surface area contributed by atoms with Crippen molar-refractivity contribution in [3.8, 4) is 11.5 Å². The fraction of sp³-hybridized carbons (Fsp3) is 0.150. The molecule has 0 fully saturated rings. The van der Waals surface area contributed by atoms with E-state index < -0.39 is 0 Å². The van der Waals surface area contributed by atoms with E-state index in [2.05, 4.69) is 15.3 Å². The van der Waals surface area contributed by atoms with E-state index >= 15 is 0 Å². The zero-order valence-corrected chi connectivity index (χ0v) is 14.8. The molecule has 3 aromatic heterocycles. The summed E-state index contributed by atoms with van der Waals surface area (Å²) in [5.74, 6) is 0.372. The SMILES string of the molecule is Cc1cc(C)n2ccc(C(=O)Nc3ccc(-c4ncco4)cc3C)c2n1. The molecule has 1 amide bonds. The maximum atomic E-state index is 12.8. The number of nitrogens with one attached hydrogen (secondary N) is 1. The number of aromatic nitrogens is 3. The fourth-order valence-corrected chi connectivity index (χ4v) is 3.06. The molecule has 4 rings (SSSR count). The van der Waals surface area contributed by atoms with Gasteiger partial charge < -0.3 is 14.1 Å². The number of anilines is 1. The van der Waals surface area contributed by atoms with Gasteiger partial charge in [-0.1, -0.05) is 0 Å². The van der Waals surface area contributed by atoms with E-state index in [0.717, 1.165) is 28.2 Å². The quantitative estimate of drug-likeness (QED) is 0.604.